The molecule has 2 atom stereocenters. The molecule has 1 heterocycles. The fraction of sp³-hybridized carbons (Fsp3) is 0.818. The predicted molar refractivity (Wildman–Crippen MR) is 65.9 cm³/mol. The monoisotopic (exact) mass is 261 g/mol. The van der Waals surface area contributed by atoms with Gasteiger partial charge in [-0.05, 0) is 20.3 Å². The van der Waals surface area contributed by atoms with Crippen molar-refractivity contribution >= 4 is 23.6 Å². The van der Waals surface area contributed by atoms with E-state index in [0.717, 1.165) is 6.42 Å². The second kappa shape index (κ2) is 5.27. The van der Waals surface area contributed by atoms with Crippen LogP contribution in [0.2, 0.25) is 0 Å². The predicted octanol–water partition coefficient (Wildman–Crippen LogP) is 1.18. The molecule has 0 spiro atoms. The van der Waals surface area contributed by atoms with Crippen LogP contribution in [0.3, 0.4) is 0 Å². The third kappa shape index (κ3) is 2.74. The third-order valence-corrected chi connectivity index (χ3v) is 4.44. The molecular formula is C11H19NO4S. The van der Waals surface area contributed by atoms with Crippen LogP contribution >= 0.6 is 11.8 Å². The van der Waals surface area contributed by atoms with Crippen LogP contribution in [0.25, 0.3) is 0 Å². The maximum absolute atomic E-state index is 12.3. The van der Waals surface area contributed by atoms with Gasteiger partial charge in [0.25, 0.3) is 5.91 Å². The number of carbonyl (C=O) groups is 2. The van der Waals surface area contributed by atoms with Crippen molar-refractivity contribution in [3.05, 3.63) is 0 Å². The van der Waals surface area contributed by atoms with Crippen molar-refractivity contribution in [2.75, 3.05) is 12.9 Å². The highest BCUT2D eigenvalue weighted by molar-refractivity contribution is 8.00. The molecule has 0 aromatic heterocycles. The first-order valence-corrected chi connectivity index (χ1v) is 6.62. The van der Waals surface area contributed by atoms with Gasteiger partial charge in [0.2, 0.25) is 0 Å². The fourth-order valence-electron chi connectivity index (χ4n) is 1.74. The second-order valence-corrected chi connectivity index (χ2v) is 5.69. The highest BCUT2D eigenvalue weighted by Crippen LogP contribution is 2.33. The first-order valence-electron chi connectivity index (χ1n) is 5.57. The summed E-state index contributed by atoms with van der Waals surface area (Å²) >= 11 is 1.51. The Morgan fingerprint density at radius 1 is 1.53 bits per heavy atom. The Labute approximate surface area is 105 Å². The summed E-state index contributed by atoms with van der Waals surface area (Å²) in [5.41, 5.74) is -0.980. The van der Waals surface area contributed by atoms with Gasteiger partial charge in [-0.25, -0.2) is 4.79 Å². The second-order valence-electron chi connectivity index (χ2n) is 4.48. The van der Waals surface area contributed by atoms with Gasteiger partial charge >= 0.3 is 5.97 Å². The van der Waals surface area contributed by atoms with Crippen LogP contribution in [-0.4, -0.2) is 51.8 Å². The zero-order chi connectivity index (χ0) is 13.2. The van der Waals surface area contributed by atoms with Crippen LogP contribution in [0.5, 0.6) is 0 Å². The summed E-state index contributed by atoms with van der Waals surface area (Å²) in [4.78, 5) is 24.9. The van der Waals surface area contributed by atoms with Crippen LogP contribution < -0.4 is 0 Å². The first kappa shape index (κ1) is 14.3. The standard InChI is InChI=1S/C11H19NO4S/c1-5-8-12(7(6-17-8)9(13)14)10(15)11(2,3)16-4/h7-8H,5-6H2,1-4H3,(H,13,14). The number of nitrogens with zero attached hydrogens (tertiary/aromatic N) is 1. The molecule has 1 aliphatic heterocycles. The number of amides is 1. The normalized spacial score (nSPS) is 25.1. The lowest BCUT2D eigenvalue weighted by molar-refractivity contribution is -0.160. The van der Waals surface area contributed by atoms with E-state index in [2.05, 4.69) is 0 Å². The molecule has 6 heteroatoms. The summed E-state index contributed by atoms with van der Waals surface area (Å²) < 4.78 is 5.14. The summed E-state index contributed by atoms with van der Waals surface area (Å²) in [6, 6.07) is -0.744. The van der Waals surface area contributed by atoms with Gasteiger partial charge < -0.3 is 14.7 Å². The summed E-state index contributed by atoms with van der Waals surface area (Å²) in [5, 5.41) is 9.06. The van der Waals surface area contributed by atoms with Crippen molar-refractivity contribution < 1.29 is 19.4 Å². The molecule has 0 radical (unpaired) electrons. The molecule has 17 heavy (non-hydrogen) atoms. The highest BCUT2D eigenvalue weighted by Gasteiger charge is 2.45. The molecule has 0 bridgehead atoms. The van der Waals surface area contributed by atoms with Crippen LogP contribution in [0, 0.1) is 0 Å². The Kier molecular flexibility index (Phi) is 4.43. The van der Waals surface area contributed by atoms with Crippen molar-refractivity contribution in [1.82, 2.24) is 4.90 Å². The van der Waals surface area contributed by atoms with E-state index in [4.69, 9.17) is 9.84 Å². The van der Waals surface area contributed by atoms with E-state index < -0.39 is 17.6 Å². The Morgan fingerprint density at radius 2 is 2.12 bits per heavy atom. The van der Waals surface area contributed by atoms with Crippen LogP contribution in [0.4, 0.5) is 0 Å². The van der Waals surface area contributed by atoms with Gasteiger partial charge in [0.15, 0.2) is 0 Å². The van der Waals surface area contributed by atoms with Crippen molar-refractivity contribution in [3.63, 3.8) is 0 Å². The minimum absolute atomic E-state index is 0.0713. The van der Waals surface area contributed by atoms with Crippen LogP contribution in [-0.2, 0) is 14.3 Å². The lowest BCUT2D eigenvalue weighted by Crippen LogP contribution is -2.53. The van der Waals surface area contributed by atoms with Crippen LogP contribution in [0.1, 0.15) is 27.2 Å². The van der Waals surface area contributed by atoms with E-state index in [1.54, 1.807) is 13.8 Å². The molecule has 1 aliphatic rings. The average molecular weight is 261 g/mol. The number of carboxylic acid groups (broad SMARTS) is 1. The molecule has 0 aromatic carbocycles. The molecule has 5 nitrogen and oxygen atoms in total. The molecule has 2 unspecified atom stereocenters. The number of carbonyl (C=O) groups excluding carboxylic acids is 1. The summed E-state index contributed by atoms with van der Waals surface area (Å²) in [7, 11) is 1.46. The smallest absolute Gasteiger partial charge is 0.327 e. The van der Waals surface area contributed by atoms with Crippen molar-refractivity contribution in [1.29, 1.82) is 0 Å². The SMILES string of the molecule is CCC1SCC(C(=O)O)N1C(=O)C(C)(C)OC. The van der Waals surface area contributed by atoms with E-state index in [1.165, 1.54) is 23.8 Å². The Bertz CT molecular complexity index is 319. The van der Waals surface area contributed by atoms with E-state index in [1.807, 2.05) is 6.92 Å². The molecule has 1 amide bonds. The molecule has 1 saturated heterocycles. The first-order chi connectivity index (χ1) is 7.85. The summed E-state index contributed by atoms with van der Waals surface area (Å²) in [6.07, 6.45) is 0.736. The zero-order valence-electron chi connectivity index (χ0n) is 10.6. The van der Waals surface area contributed by atoms with Gasteiger partial charge in [0.05, 0.1) is 5.37 Å². The molecule has 1 fully saturated rings. The quantitative estimate of drug-likeness (QED) is 0.823. The minimum Gasteiger partial charge on any atom is -0.480 e. The number of hydrogen-bond donors (Lipinski definition) is 1. The maximum atomic E-state index is 12.3. The molecular weight excluding hydrogens is 242 g/mol. The number of aliphatic carboxylic acids is 1. The lowest BCUT2D eigenvalue weighted by atomic mass is 10.1. The van der Waals surface area contributed by atoms with E-state index >= 15 is 0 Å². The molecule has 0 aromatic rings. The Balaban J connectivity index is 2.97. The van der Waals surface area contributed by atoms with Gasteiger partial charge in [-0.2, -0.15) is 0 Å². The van der Waals surface area contributed by atoms with Gasteiger partial charge in [0, 0.05) is 12.9 Å². The number of methoxy groups -OCH3 is 1. The summed E-state index contributed by atoms with van der Waals surface area (Å²) in [6.45, 7) is 5.26. The van der Waals surface area contributed by atoms with Crippen molar-refractivity contribution in [2.45, 2.75) is 44.2 Å². The van der Waals surface area contributed by atoms with E-state index in [0.29, 0.717) is 5.75 Å². The van der Waals surface area contributed by atoms with Crippen LogP contribution in [0.15, 0.2) is 0 Å². The van der Waals surface area contributed by atoms with E-state index in [9.17, 15) is 9.59 Å². The number of thioether (sulfide) groups is 1. The molecule has 0 aliphatic carbocycles. The lowest BCUT2D eigenvalue weighted by Gasteiger charge is -2.33. The minimum atomic E-state index is -0.980. The highest BCUT2D eigenvalue weighted by atomic mass is 32.2. The molecule has 1 rings (SSSR count). The number of ether oxygens (including phenoxy) is 1. The Hall–Kier alpha value is -0.750. The number of hydrogen-bond acceptors (Lipinski definition) is 4. The largest absolute Gasteiger partial charge is 0.480 e. The van der Waals surface area contributed by atoms with Gasteiger partial charge in [0.1, 0.15) is 11.6 Å². The maximum Gasteiger partial charge on any atom is 0.327 e. The van der Waals surface area contributed by atoms with Gasteiger partial charge in [-0.3, -0.25) is 4.79 Å². The van der Waals surface area contributed by atoms with Gasteiger partial charge in [-0.1, -0.05) is 6.92 Å². The molecule has 98 valence electrons. The van der Waals surface area contributed by atoms with Crippen molar-refractivity contribution in [3.8, 4) is 0 Å². The summed E-state index contributed by atoms with van der Waals surface area (Å²) in [5.74, 6) is -0.766. The molecule has 1 N–H and O–H groups in total. The average Bonchev–Trinajstić information content (AvgIpc) is 2.71. The Morgan fingerprint density at radius 3 is 2.53 bits per heavy atom. The third-order valence-electron chi connectivity index (χ3n) is 2.99. The van der Waals surface area contributed by atoms with E-state index in [-0.39, 0.29) is 11.3 Å². The zero-order valence-corrected chi connectivity index (χ0v) is 11.4. The fourth-order valence-corrected chi connectivity index (χ4v) is 3.09. The number of rotatable bonds is 4. The number of carboxylic acids is 1. The van der Waals surface area contributed by atoms with Crippen molar-refractivity contribution in [2.24, 2.45) is 0 Å². The molecule has 0 saturated carbocycles. The topological polar surface area (TPSA) is 66.8 Å². The van der Waals surface area contributed by atoms with Gasteiger partial charge in [-0.15, -0.1) is 11.8 Å².